The number of carboxylic acids is 1. The molecule has 2 N–H and O–H groups in total. The molecule has 5 heteroatoms. The second kappa shape index (κ2) is 5.84. The number of amides is 1. The molecule has 1 fully saturated rings. The Kier molecular flexibility index (Phi) is 4.73. The third-order valence-electron chi connectivity index (χ3n) is 2.81. The van der Waals surface area contributed by atoms with E-state index in [0.29, 0.717) is 0 Å². The highest BCUT2D eigenvalue weighted by molar-refractivity contribution is 5.87. The molecule has 1 amide bonds. The molecule has 16 heavy (non-hydrogen) atoms. The number of nitrogens with zero attached hydrogens (tertiary/aromatic N) is 1. The standard InChI is InChI=1S/C11H20N2O3/c1-3-4-5-13-7-8(2)12-11(16)9(13)6-10(14)15/h8-9H,3-7H2,1-2H3,(H,12,16)(H,14,15). The minimum absolute atomic E-state index is 0.106. The van der Waals surface area contributed by atoms with E-state index >= 15 is 0 Å². The Morgan fingerprint density at radius 3 is 2.88 bits per heavy atom. The molecule has 0 spiro atoms. The van der Waals surface area contributed by atoms with Crippen molar-refractivity contribution in [2.24, 2.45) is 0 Å². The zero-order valence-electron chi connectivity index (χ0n) is 9.90. The molecule has 2 atom stereocenters. The van der Waals surface area contributed by atoms with Crippen molar-refractivity contribution in [3.63, 3.8) is 0 Å². The molecule has 0 aromatic rings. The average molecular weight is 228 g/mol. The lowest BCUT2D eigenvalue weighted by Crippen LogP contribution is -2.59. The van der Waals surface area contributed by atoms with Gasteiger partial charge in [0, 0.05) is 12.6 Å². The summed E-state index contributed by atoms with van der Waals surface area (Å²) in [5.41, 5.74) is 0. The molecule has 0 aromatic heterocycles. The number of nitrogens with one attached hydrogen (secondary N) is 1. The SMILES string of the molecule is CCCCN1CC(C)NC(=O)C1CC(=O)O. The maximum absolute atomic E-state index is 11.7. The summed E-state index contributed by atoms with van der Waals surface area (Å²) >= 11 is 0. The first-order chi connectivity index (χ1) is 7.54. The van der Waals surface area contributed by atoms with Crippen LogP contribution in [0.15, 0.2) is 0 Å². The molecule has 0 bridgehead atoms. The highest BCUT2D eigenvalue weighted by Gasteiger charge is 2.33. The number of aliphatic carboxylic acids is 1. The second-order valence-electron chi connectivity index (χ2n) is 4.37. The maximum atomic E-state index is 11.7. The molecule has 1 heterocycles. The molecule has 0 aromatic carbocycles. The first-order valence-electron chi connectivity index (χ1n) is 5.80. The third kappa shape index (κ3) is 3.48. The number of hydrogen-bond donors (Lipinski definition) is 2. The van der Waals surface area contributed by atoms with Gasteiger partial charge in [-0.1, -0.05) is 13.3 Å². The van der Waals surface area contributed by atoms with E-state index < -0.39 is 12.0 Å². The predicted octanol–water partition coefficient (Wildman–Crippen LogP) is 0.450. The van der Waals surface area contributed by atoms with Crippen LogP contribution in [0.4, 0.5) is 0 Å². The van der Waals surface area contributed by atoms with E-state index in [1.807, 2.05) is 11.8 Å². The number of unbranched alkanes of at least 4 members (excludes halogenated alkanes) is 1. The summed E-state index contributed by atoms with van der Waals surface area (Å²) in [6.45, 7) is 5.56. The molecule has 1 rings (SSSR count). The van der Waals surface area contributed by atoms with Gasteiger partial charge in [0.25, 0.3) is 0 Å². The fourth-order valence-corrected chi connectivity index (χ4v) is 2.03. The number of rotatable bonds is 5. The van der Waals surface area contributed by atoms with Crippen LogP contribution in [0.3, 0.4) is 0 Å². The number of piperazine rings is 1. The monoisotopic (exact) mass is 228 g/mol. The average Bonchev–Trinajstić information content (AvgIpc) is 2.19. The van der Waals surface area contributed by atoms with Crippen LogP contribution in [0.25, 0.3) is 0 Å². The Labute approximate surface area is 95.8 Å². The lowest BCUT2D eigenvalue weighted by molar-refractivity contribution is -0.143. The van der Waals surface area contributed by atoms with Crippen molar-refractivity contribution in [1.82, 2.24) is 10.2 Å². The molecular weight excluding hydrogens is 208 g/mol. The Morgan fingerprint density at radius 1 is 1.62 bits per heavy atom. The van der Waals surface area contributed by atoms with Gasteiger partial charge in [0.15, 0.2) is 0 Å². The van der Waals surface area contributed by atoms with Gasteiger partial charge in [0.1, 0.15) is 0 Å². The van der Waals surface area contributed by atoms with Crippen molar-refractivity contribution in [1.29, 1.82) is 0 Å². The quantitative estimate of drug-likeness (QED) is 0.717. The van der Waals surface area contributed by atoms with Crippen LogP contribution in [0, 0.1) is 0 Å². The molecule has 1 aliphatic heterocycles. The summed E-state index contributed by atoms with van der Waals surface area (Å²) in [5, 5.41) is 11.6. The van der Waals surface area contributed by atoms with Crippen molar-refractivity contribution in [3.05, 3.63) is 0 Å². The smallest absolute Gasteiger partial charge is 0.305 e. The highest BCUT2D eigenvalue weighted by Crippen LogP contribution is 2.12. The summed E-state index contributed by atoms with van der Waals surface area (Å²) in [7, 11) is 0. The van der Waals surface area contributed by atoms with Gasteiger partial charge < -0.3 is 10.4 Å². The Morgan fingerprint density at radius 2 is 2.31 bits per heavy atom. The highest BCUT2D eigenvalue weighted by atomic mass is 16.4. The normalized spacial score (nSPS) is 26.5. The van der Waals surface area contributed by atoms with E-state index in [2.05, 4.69) is 12.2 Å². The molecule has 92 valence electrons. The van der Waals surface area contributed by atoms with Crippen LogP contribution in [0.2, 0.25) is 0 Å². The zero-order valence-corrected chi connectivity index (χ0v) is 9.90. The van der Waals surface area contributed by atoms with Gasteiger partial charge in [-0.25, -0.2) is 0 Å². The van der Waals surface area contributed by atoms with E-state index in [-0.39, 0.29) is 18.4 Å². The number of carbonyl (C=O) groups excluding carboxylic acids is 1. The molecule has 1 aliphatic rings. The summed E-state index contributed by atoms with van der Waals surface area (Å²) in [6.07, 6.45) is 1.94. The summed E-state index contributed by atoms with van der Waals surface area (Å²) in [4.78, 5) is 24.4. The lowest BCUT2D eigenvalue weighted by Gasteiger charge is -2.37. The van der Waals surface area contributed by atoms with Gasteiger partial charge >= 0.3 is 5.97 Å². The molecule has 1 saturated heterocycles. The van der Waals surface area contributed by atoms with Gasteiger partial charge in [-0.05, 0) is 19.9 Å². The van der Waals surface area contributed by atoms with Crippen molar-refractivity contribution >= 4 is 11.9 Å². The minimum Gasteiger partial charge on any atom is -0.481 e. The summed E-state index contributed by atoms with van der Waals surface area (Å²) in [5.74, 6) is -1.08. The molecule has 0 saturated carbocycles. The van der Waals surface area contributed by atoms with Gasteiger partial charge in [-0.2, -0.15) is 0 Å². The third-order valence-corrected chi connectivity index (χ3v) is 2.81. The fourth-order valence-electron chi connectivity index (χ4n) is 2.03. The van der Waals surface area contributed by atoms with Crippen molar-refractivity contribution < 1.29 is 14.7 Å². The first kappa shape index (κ1) is 13.0. The molecular formula is C11H20N2O3. The zero-order chi connectivity index (χ0) is 12.1. The maximum Gasteiger partial charge on any atom is 0.305 e. The second-order valence-corrected chi connectivity index (χ2v) is 4.37. The largest absolute Gasteiger partial charge is 0.481 e. The summed E-state index contributed by atoms with van der Waals surface area (Å²) < 4.78 is 0. The van der Waals surface area contributed by atoms with Crippen molar-refractivity contribution in [2.75, 3.05) is 13.1 Å². The first-order valence-corrected chi connectivity index (χ1v) is 5.80. The fraction of sp³-hybridized carbons (Fsp3) is 0.818. The Balaban J connectivity index is 2.64. The molecule has 5 nitrogen and oxygen atoms in total. The van der Waals surface area contributed by atoms with E-state index in [1.165, 1.54) is 0 Å². The van der Waals surface area contributed by atoms with Gasteiger partial charge in [-0.15, -0.1) is 0 Å². The number of hydrogen-bond acceptors (Lipinski definition) is 3. The van der Waals surface area contributed by atoms with Gasteiger partial charge in [-0.3, -0.25) is 14.5 Å². The van der Waals surface area contributed by atoms with Crippen molar-refractivity contribution in [2.45, 2.75) is 45.2 Å². The van der Waals surface area contributed by atoms with Crippen molar-refractivity contribution in [3.8, 4) is 0 Å². The van der Waals surface area contributed by atoms with E-state index in [9.17, 15) is 9.59 Å². The Bertz CT molecular complexity index is 268. The van der Waals surface area contributed by atoms with Gasteiger partial charge in [0.2, 0.25) is 5.91 Å². The predicted molar refractivity (Wildman–Crippen MR) is 60.1 cm³/mol. The van der Waals surface area contributed by atoms with E-state index in [0.717, 1.165) is 25.9 Å². The summed E-state index contributed by atoms with van der Waals surface area (Å²) in [6, 6.07) is -0.394. The lowest BCUT2D eigenvalue weighted by atomic mass is 10.1. The number of carbonyl (C=O) groups is 2. The minimum atomic E-state index is -0.920. The Hall–Kier alpha value is -1.10. The van der Waals surface area contributed by atoms with Crippen LogP contribution in [0.5, 0.6) is 0 Å². The molecule has 0 aliphatic carbocycles. The topological polar surface area (TPSA) is 69.6 Å². The molecule has 2 unspecified atom stereocenters. The van der Waals surface area contributed by atoms with Crippen LogP contribution in [-0.4, -0.2) is 47.1 Å². The van der Waals surface area contributed by atoms with Crippen LogP contribution in [0.1, 0.15) is 33.1 Å². The molecule has 0 radical (unpaired) electrons. The van der Waals surface area contributed by atoms with E-state index in [4.69, 9.17) is 5.11 Å². The number of carboxylic acid groups (broad SMARTS) is 1. The van der Waals surface area contributed by atoms with Crippen LogP contribution >= 0.6 is 0 Å². The van der Waals surface area contributed by atoms with Gasteiger partial charge in [0.05, 0.1) is 12.5 Å². The van der Waals surface area contributed by atoms with E-state index in [1.54, 1.807) is 0 Å². The van der Waals surface area contributed by atoms with Crippen LogP contribution in [-0.2, 0) is 9.59 Å². The van der Waals surface area contributed by atoms with Crippen LogP contribution < -0.4 is 5.32 Å².